The molecule has 0 radical (unpaired) electrons. The molecule has 0 amide bonds. The van der Waals surface area contributed by atoms with E-state index in [0.29, 0.717) is 18.4 Å². The van der Waals surface area contributed by atoms with Crippen LogP contribution < -0.4 is 10.0 Å². The molecule has 1 heterocycles. The van der Waals surface area contributed by atoms with Crippen LogP contribution in [0.15, 0.2) is 4.99 Å². The molecule has 1 aliphatic rings. The van der Waals surface area contributed by atoms with E-state index in [2.05, 4.69) is 33.8 Å². The number of guanidine groups is 1. The van der Waals surface area contributed by atoms with Crippen LogP contribution in [-0.4, -0.2) is 57.8 Å². The van der Waals surface area contributed by atoms with E-state index in [9.17, 15) is 8.42 Å². The van der Waals surface area contributed by atoms with Crippen molar-refractivity contribution in [1.29, 1.82) is 0 Å². The van der Waals surface area contributed by atoms with Gasteiger partial charge in [-0.25, -0.2) is 13.1 Å². The Hall–Kier alpha value is -0.0900. The van der Waals surface area contributed by atoms with Gasteiger partial charge in [-0.15, -0.1) is 24.0 Å². The topological polar surface area (TPSA) is 73.8 Å². The van der Waals surface area contributed by atoms with Crippen LogP contribution in [0.4, 0.5) is 0 Å². The van der Waals surface area contributed by atoms with Crippen molar-refractivity contribution >= 4 is 40.0 Å². The molecule has 0 spiro atoms. The highest BCUT2D eigenvalue weighted by Crippen LogP contribution is 2.20. The highest BCUT2D eigenvalue weighted by atomic mass is 127. The predicted molar refractivity (Wildman–Crippen MR) is 103 cm³/mol. The average molecular weight is 446 g/mol. The van der Waals surface area contributed by atoms with Crippen molar-refractivity contribution in [3.8, 4) is 0 Å². The lowest BCUT2D eigenvalue weighted by molar-refractivity contribution is 0.207. The monoisotopic (exact) mass is 446 g/mol. The van der Waals surface area contributed by atoms with Crippen molar-refractivity contribution in [3.63, 3.8) is 0 Å². The Balaban J connectivity index is 0.00000441. The number of halogens is 1. The first kappa shape index (κ1) is 21.9. The van der Waals surface area contributed by atoms with E-state index >= 15 is 0 Å². The van der Waals surface area contributed by atoms with Gasteiger partial charge in [0.15, 0.2) is 5.96 Å². The zero-order valence-electron chi connectivity index (χ0n) is 14.5. The third kappa shape index (κ3) is 7.96. The second-order valence-corrected chi connectivity index (χ2v) is 8.76. The molecule has 1 aliphatic heterocycles. The van der Waals surface area contributed by atoms with Gasteiger partial charge in [-0.1, -0.05) is 13.8 Å². The zero-order valence-corrected chi connectivity index (χ0v) is 17.7. The summed E-state index contributed by atoms with van der Waals surface area (Å²) in [5.74, 6) is 2.14. The van der Waals surface area contributed by atoms with Crippen LogP contribution in [0.25, 0.3) is 0 Å². The fraction of sp³-hybridized carbons (Fsp3) is 0.929. The molecule has 2 atom stereocenters. The highest BCUT2D eigenvalue weighted by Gasteiger charge is 2.26. The Labute approximate surface area is 152 Å². The molecule has 6 nitrogen and oxygen atoms in total. The molecule has 0 aromatic rings. The van der Waals surface area contributed by atoms with Gasteiger partial charge in [0.25, 0.3) is 0 Å². The summed E-state index contributed by atoms with van der Waals surface area (Å²) < 4.78 is 25.4. The summed E-state index contributed by atoms with van der Waals surface area (Å²) in [5, 5.41) is 3.29. The van der Waals surface area contributed by atoms with Gasteiger partial charge in [0.05, 0.1) is 6.26 Å². The van der Waals surface area contributed by atoms with Gasteiger partial charge in [0.2, 0.25) is 10.0 Å². The van der Waals surface area contributed by atoms with Gasteiger partial charge in [0.1, 0.15) is 0 Å². The molecule has 0 aromatic heterocycles. The lowest BCUT2D eigenvalue weighted by Gasteiger charge is -2.38. The SMILES string of the molecule is CN=C(NCC(C)(C)NS(C)(=O)=O)N1CC(C)CC(C)C1.I. The molecule has 0 aromatic carbocycles. The molecule has 2 unspecified atom stereocenters. The first-order chi connectivity index (χ1) is 9.52. The number of sulfonamides is 1. The van der Waals surface area contributed by atoms with E-state index in [1.165, 1.54) is 12.7 Å². The molecule has 1 rings (SSSR count). The number of piperidine rings is 1. The third-order valence-corrected chi connectivity index (χ3v) is 4.45. The van der Waals surface area contributed by atoms with Crippen LogP contribution in [0.2, 0.25) is 0 Å². The summed E-state index contributed by atoms with van der Waals surface area (Å²) in [7, 11) is -1.46. The molecule has 132 valence electrons. The minimum absolute atomic E-state index is 0. The molecule has 1 fully saturated rings. The molecular formula is C14H31IN4O2S. The lowest BCUT2D eigenvalue weighted by Crippen LogP contribution is -2.55. The molecule has 1 saturated heterocycles. The van der Waals surface area contributed by atoms with Gasteiger partial charge in [0, 0.05) is 32.2 Å². The van der Waals surface area contributed by atoms with E-state index in [-0.39, 0.29) is 24.0 Å². The summed E-state index contributed by atoms with van der Waals surface area (Å²) in [6, 6.07) is 0. The van der Waals surface area contributed by atoms with Gasteiger partial charge in [-0.05, 0) is 32.1 Å². The van der Waals surface area contributed by atoms with Crippen molar-refractivity contribution < 1.29 is 8.42 Å². The first-order valence-electron chi connectivity index (χ1n) is 7.47. The Kier molecular flexibility index (Phi) is 8.64. The van der Waals surface area contributed by atoms with Crippen molar-refractivity contribution in [2.45, 2.75) is 39.7 Å². The Morgan fingerprint density at radius 2 is 1.77 bits per heavy atom. The Morgan fingerprint density at radius 1 is 1.27 bits per heavy atom. The predicted octanol–water partition coefficient (Wildman–Crippen LogP) is 1.49. The number of aliphatic imine (C=N–C) groups is 1. The number of rotatable bonds is 4. The van der Waals surface area contributed by atoms with Crippen LogP contribution in [0.1, 0.15) is 34.1 Å². The smallest absolute Gasteiger partial charge is 0.209 e. The van der Waals surface area contributed by atoms with Crippen molar-refractivity contribution in [1.82, 2.24) is 14.9 Å². The second-order valence-electron chi connectivity index (χ2n) is 7.01. The fourth-order valence-corrected chi connectivity index (χ4v) is 4.08. The van der Waals surface area contributed by atoms with Gasteiger partial charge in [-0.3, -0.25) is 4.99 Å². The molecule has 0 aliphatic carbocycles. The largest absolute Gasteiger partial charge is 0.354 e. The van der Waals surface area contributed by atoms with Crippen LogP contribution in [0.5, 0.6) is 0 Å². The Bertz CT molecular complexity index is 469. The summed E-state index contributed by atoms with van der Waals surface area (Å²) >= 11 is 0. The maximum atomic E-state index is 11.4. The Morgan fingerprint density at radius 3 is 2.18 bits per heavy atom. The number of hydrogen-bond donors (Lipinski definition) is 2. The lowest BCUT2D eigenvalue weighted by atomic mass is 9.92. The summed E-state index contributed by atoms with van der Waals surface area (Å²) in [6.07, 6.45) is 2.42. The summed E-state index contributed by atoms with van der Waals surface area (Å²) in [5.41, 5.74) is -0.559. The number of hydrogen-bond acceptors (Lipinski definition) is 3. The third-order valence-electron chi connectivity index (χ3n) is 3.53. The summed E-state index contributed by atoms with van der Waals surface area (Å²) in [4.78, 5) is 6.59. The maximum absolute atomic E-state index is 11.4. The molecule has 2 N–H and O–H groups in total. The van der Waals surface area contributed by atoms with Crippen LogP contribution in [0.3, 0.4) is 0 Å². The molecule has 22 heavy (non-hydrogen) atoms. The van der Waals surface area contributed by atoms with E-state index < -0.39 is 15.6 Å². The van der Waals surface area contributed by atoms with Gasteiger partial charge >= 0.3 is 0 Å². The molecular weight excluding hydrogens is 415 g/mol. The van der Waals surface area contributed by atoms with E-state index in [1.54, 1.807) is 7.05 Å². The van der Waals surface area contributed by atoms with Gasteiger partial charge in [-0.2, -0.15) is 0 Å². The normalized spacial score (nSPS) is 23.9. The number of nitrogens with zero attached hydrogens (tertiary/aromatic N) is 2. The average Bonchev–Trinajstić information content (AvgIpc) is 2.24. The van der Waals surface area contributed by atoms with Gasteiger partial charge < -0.3 is 10.2 Å². The number of likely N-dealkylation sites (tertiary alicyclic amines) is 1. The van der Waals surface area contributed by atoms with Crippen molar-refractivity contribution in [3.05, 3.63) is 0 Å². The molecule has 8 heteroatoms. The standard InChI is InChI=1S/C14H30N4O2S.HI/c1-11-7-12(2)9-18(8-11)13(15-5)16-10-14(3,4)17-21(6,19)20;/h11-12,17H,7-10H2,1-6H3,(H,15,16);1H. The second kappa shape index (κ2) is 8.68. The highest BCUT2D eigenvalue weighted by molar-refractivity contribution is 14.0. The molecule has 0 bridgehead atoms. The fourth-order valence-electron chi connectivity index (χ4n) is 3.01. The number of nitrogens with one attached hydrogen (secondary N) is 2. The van der Waals surface area contributed by atoms with Crippen molar-refractivity contribution in [2.75, 3.05) is 32.9 Å². The van der Waals surface area contributed by atoms with E-state index in [0.717, 1.165) is 19.0 Å². The van der Waals surface area contributed by atoms with E-state index in [1.807, 2.05) is 13.8 Å². The minimum atomic E-state index is -3.22. The zero-order chi connectivity index (χ0) is 16.3. The van der Waals surface area contributed by atoms with Crippen LogP contribution in [0, 0.1) is 11.8 Å². The van der Waals surface area contributed by atoms with Crippen LogP contribution >= 0.6 is 24.0 Å². The quantitative estimate of drug-likeness (QED) is 0.390. The maximum Gasteiger partial charge on any atom is 0.209 e. The van der Waals surface area contributed by atoms with Crippen LogP contribution in [-0.2, 0) is 10.0 Å². The summed E-state index contributed by atoms with van der Waals surface area (Å²) in [6.45, 7) is 10.7. The molecule has 0 saturated carbocycles. The minimum Gasteiger partial charge on any atom is -0.354 e. The van der Waals surface area contributed by atoms with Crippen molar-refractivity contribution in [2.24, 2.45) is 16.8 Å². The van der Waals surface area contributed by atoms with E-state index in [4.69, 9.17) is 0 Å². The first-order valence-corrected chi connectivity index (χ1v) is 9.36.